The molecule has 0 aliphatic carbocycles. The zero-order valence-corrected chi connectivity index (χ0v) is 8.40. The topological polar surface area (TPSA) is 9.23 Å². The highest BCUT2D eigenvalue weighted by Gasteiger charge is 2.16. The Balaban J connectivity index is 2.49. The lowest BCUT2D eigenvalue weighted by atomic mass is 10.2. The smallest absolute Gasteiger partial charge is 0.123 e. The predicted molar refractivity (Wildman–Crippen MR) is 54.0 cm³/mol. The summed E-state index contributed by atoms with van der Waals surface area (Å²) >= 11 is 0. The summed E-state index contributed by atoms with van der Waals surface area (Å²) in [6, 6.07) is 6.41. The average molecular weight is 180 g/mol. The van der Waals surface area contributed by atoms with Crippen molar-refractivity contribution in [1.29, 1.82) is 0 Å². The largest absolute Gasteiger partial charge is 0.493 e. The van der Waals surface area contributed by atoms with Crippen LogP contribution < -0.4 is 10.0 Å². The first-order chi connectivity index (χ1) is 5.79. The molecule has 0 bridgehead atoms. The van der Waals surface area contributed by atoms with Crippen molar-refractivity contribution >= 4 is 13.2 Å². The van der Waals surface area contributed by atoms with Crippen LogP contribution >= 0.6 is 7.92 Å². The van der Waals surface area contributed by atoms with Crippen LogP contribution in [0.4, 0.5) is 0 Å². The van der Waals surface area contributed by atoms with Crippen molar-refractivity contribution in [2.24, 2.45) is 0 Å². The maximum absolute atomic E-state index is 5.50. The Hall–Kier alpha value is -0.550. The van der Waals surface area contributed by atoms with E-state index in [0.29, 0.717) is 0 Å². The lowest BCUT2D eigenvalue weighted by Crippen LogP contribution is -2.04. The molecule has 0 saturated heterocycles. The van der Waals surface area contributed by atoms with Crippen molar-refractivity contribution in [3.05, 3.63) is 23.8 Å². The van der Waals surface area contributed by atoms with Crippen LogP contribution in [0.5, 0.6) is 5.75 Å². The van der Waals surface area contributed by atoms with Crippen LogP contribution in [-0.2, 0) is 6.42 Å². The van der Waals surface area contributed by atoms with E-state index in [2.05, 4.69) is 31.5 Å². The molecule has 0 N–H and O–H groups in total. The second-order valence-electron chi connectivity index (χ2n) is 3.25. The highest BCUT2D eigenvalue weighted by atomic mass is 31.1. The normalized spacial score (nSPS) is 14.6. The quantitative estimate of drug-likeness (QED) is 0.600. The van der Waals surface area contributed by atoms with E-state index in [1.54, 1.807) is 0 Å². The van der Waals surface area contributed by atoms with Crippen molar-refractivity contribution in [3.8, 4) is 5.75 Å². The lowest BCUT2D eigenvalue weighted by Gasteiger charge is -2.09. The molecule has 2 heteroatoms. The molecular formula is C10H13OP. The molecule has 1 aliphatic heterocycles. The van der Waals surface area contributed by atoms with Gasteiger partial charge in [0.1, 0.15) is 5.75 Å². The lowest BCUT2D eigenvalue weighted by molar-refractivity contribution is 0.357. The van der Waals surface area contributed by atoms with E-state index in [9.17, 15) is 0 Å². The fourth-order valence-electron chi connectivity index (χ4n) is 1.62. The van der Waals surface area contributed by atoms with Gasteiger partial charge in [0.25, 0.3) is 0 Å². The SMILES string of the molecule is CP(C)c1cccc2c1CCO2. The number of benzene rings is 1. The molecule has 1 aromatic carbocycles. The summed E-state index contributed by atoms with van der Waals surface area (Å²) in [5, 5.41) is 1.51. The first-order valence-electron chi connectivity index (χ1n) is 4.21. The molecule has 0 radical (unpaired) electrons. The highest BCUT2D eigenvalue weighted by molar-refractivity contribution is 7.64. The summed E-state index contributed by atoms with van der Waals surface area (Å²) in [7, 11) is 0.0216. The Morgan fingerprint density at radius 1 is 1.33 bits per heavy atom. The fraction of sp³-hybridized carbons (Fsp3) is 0.400. The van der Waals surface area contributed by atoms with Crippen molar-refractivity contribution in [2.45, 2.75) is 6.42 Å². The Bertz CT molecular complexity index is 294. The molecule has 12 heavy (non-hydrogen) atoms. The van der Waals surface area contributed by atoms with Gasteiger partial charge in [-0.15, -0.1) is 0 Å². The van der Waals surface area contributed by atoms with Gasteiger partial charge >= 0.3 is 0 Å². The van der Waals surface area contributed by atoms with E-state index in [1.807, 2.05) is 0 Å². The molecule has 1 aromatic rings. The minimum absolute atomic E-state index is 0.0216. The zero-order chi connectivity index (χ0) is 8.55. The van der Waals surface area contributed by atoms with E-state index >= 15 is 0 Å². The number of ether oxygens (including phenoxy) is 1. The number of fused-ring (bicyclic) bond motifs is 1. The van der Waals surface area contributed by atoms with E-state index in [-0.39, 0.29) is 7.92 Å². The van der Waals surface area contributed by atoms with Gasteiger partial charge in [-0.25, -0.2) is 0 Å². The summed E-state index contributed by atoms with van der Waals surface area (Å²) in [6.45, 7) is 5.46. The van der Waals surface area contributed by atoms with E-state index in [4.69, 9.17) is 4.74 Å². The van der Waals surface area contributed by atoms with Crippen LogP contribution in [0.3, 0.4) is 0 Å². The van der Waals surface area contributed by atoms with Gasteiger partial charge in [-0.3, -0.25) is 0 Å². The first kappa shape index (κ1) is 8.07. The average Bonchev–Trinajstić information content (AvgIpc) is 2.49. The van der Waals surface area contributed by atoms with Gasteiger partial charge in [0.15, 0.2) is 0 Å². The van der Waals surface area contributed by atoms with Crippen LogP contribution in [0.15, 0.2) is 18.2 Å². The third kappa shape index (κ3) is 1.23. The minimum atomic E-state index is 0.0216. The number of hydrogen-bond donors (Lipinski definition) is 0. The second kappa shape index (κ2) is 3.06. The summed E-state index contributed by atoms with van der Waals surface area (Å²) < 4.78 is 5.50. The Morgan fingerprint density at radius 3 is 2.92 bits per heavy atom. The van der Waals surface area contributed by atoms with Gasteiger partial charge in [0.2, 0.25) is 0 Å². The second-order valence-corrected chi connectivity index (χ2v) is 5.52. The molecule has 0 unspecified atom stereocenters. The Kier molecular flexibility index (Phi) is 2.06. The summed E-state index contributed by atoms with van der Waals surface area (Å²) in [6.07, 6.45) is 1.10. The third-order valence-corrected chi connectivity index (χ3v) is 3.58. The van der Waals surface area contributed by atoms with Crippen LogP contribution in [0.25, 0.3) is 0 Å². The molecule has 0 amide bonds. The van der Waals surface area contributed by atoms with E-state index in [1.165, 1.54) is 10.9 Å². The molecule has 0 saturated carbocycles. The van der Waals surface area contributed by atoms with Crippen molar-refractivity contribution in [3.63, 3.8) is 0 Å². The van der Waals surface area contributed by atoms with Crippen molar-refractivity contribution < 1.29 is 4.74 Å². The van der Waals surface area contributed by atoms with Crippen LogP contribution in [0.1, 0.15) is 5.56 Å². The minimum Gasteiger partial charge on any atom is -0.493 e. The Morgan fingerprint density at radius 2 is 2.17 bits per heavy atom. The first-order valence-corrected chi connectivity index (χ1v) is 6.44. The van der Waals surface area contributed by atoms with Gasteiger partial charge in [0, 0.05) is 12.0 Å². The van der Waals surface area contributed by atoms with Crippen molar-refractivity contribution in [1.82, 2.24) is 0 Å². The van der Waals surface area contributed by atoms with Gasteiger partial charge in [-0.1, -0.05) is 20.1 Å². The Labute approximate surface area is 74.5 Å². The van der Waals surface area contributed by atoms with E-state index in [0.717, 1.165) is 18.8 Å². The van der Waals surface area contributed by atoms with Crippen LogP contribution in [0, 0.1) is 0 Å². The monoisotopic (exact) mass is 180 g/mol. The summed E-state index contributed by atoms with van der Waals surface area (Å²) in [4.78, 5) is 0. The molecule has 0 aromatic heterocycles. The molecule has 2 rings (SSSR count). The summed E-state index contributed by atoms with van der Waals surface area (Å²) in [5.74, 6) is 1.11. The van der Waals surface area contributed by atoms with Gasteiger partial charge < -0.3 is 4.74 Å². The molecule has 64 valence electrons. The van der Waals surface area contributed by atoms with Gasteiger partial charge in [-0.05, 0) is 24.7 Å². The maximum Gasteiger partial charge on any atom is 0.123 e. The molecule has 1 nitrogen and oxygen atoms in total. The standard InChI is InChI=1S/C10H13OP/c1-12(2)10-5-3-4-9-8(10)6-7-11-9/h3-5H,6-7H2,1-2H3. The highest BCUT2D eigenvalue weighted by Crippen LogP contribution is 2.32. The zero-order valence-electron chi connectivity index (χ0n) is 7.50. The van der Waals surface area contributed by atoms with Gasteiger partial charge in [0.05, 0.1) is 6.61 Å². The maximum atomic E-state index is 5.50. The molecule has 1 heterocycles. The van der Waals surface area contributed by atoms with E-state index < -0.39 is 0 Å². The van der Waals surface area contributed by atoms with Crippen molar-refractivity contribution in [2.75, 3.05) is 19.9 Å². The number of hydrogen-bond acceptors (Lipinski definition) is 1. The molecule has 0 fully saturated rings. The molecular weight excluding hydrogens is 167 g/mol. The molecule has 0 spiro atoms. The molecule has 0 atom stereocenters. The fourth-order valence-corrected chi connectivity index (χ4v) is 2.77. The van der Waals surface area contributed by atoms with Crippen LogP contribution in [0.2, 0.25) is 0 Å². The van der Waals surface area contributed by atoms with Gasteiger partial charge in [-0.2, -0.15) is 0 Å². The number of rotatable bonds is 1. The molecule has 1 aliphatic rings. The third-order valence-electron chi connectivity index (χ3n) is 2.20. The summed E-state index contributed by atoms with van der Waals surface area (Å²) in [5.41, 5.74) is 1.45. The predicted octanol–water partition coefficient (Wildman–Crippen LogP) is 1.99. The van der Waals surface area contributed by atoms with Crippen LogP contribution in [-0.4, -0.2) is 19.9 Å².